The number of carbonyl (C=O) groups is 1. The van der Waals surface area contributed by atoms with Crippen LogP contribution in [-0.2, 0) is 10.0 Å². The fourth-order valence-corrected chi connectivity index (χ4v) is 5.04. The molecule has 1 aliphatic rings. The van der Waals surface area contributed by atoms with E-state index in [1.807, 2.05) is 55.5 Å². The number of nitrogens with one attached hydrogen (secondary N) is 1. The summed E-state index contributed by atoms with van der Waals surface area (Å²) in [6, 6.07) is 23.9. The van der Waals surface area contributed by atoms with Gasteiger partial charge >= 0.3 is 0 Å². The molecule has 3 aromatic carbocycles. The van der Waals surface area contributed by atoms with Crippen molar-refractivity contribution in [2.45, 2.75) is 11.8 Å². The zero-order chi connectivity index (χ0) is 21.8. The Bertz CT molecular complexity index is 1150. The zero-order valence-electron chi connectivity index (χ0n) is 17.4. The van der Waals surface area contributed by atoms with E-state index >= 15 is 0 Å². The van der Waals surface area contributed by atoms with Crippen LogP contribution in [0.25, 0.3) is 0 Å². The lowest BCUT2D eigenvalue weighted by Crippen LogP contribution is -2.50. The Morgan fingerprint density at radius 2 is 1.42 bits per heavy atom. The van der Waals surface area contributed by atoms with Gasteiger partial charge in [0.1, 0.15) is 0 Å². The predicted molar refractivity (Wildman–Crippen MR) is 122 cm³/mol. The van der Waals surface area contributed by atoms with E-state index in [0.29, 0.717) is 18.7 Å². The molecule has 3 aromatic rings. The molecule has 1 saturated heterocycles. The summed E-state index contributed by atoms with van der Waals surface area (Å²) >= 11 is 0. The fraction of sp³-hybridized carbons (Fsp3) is 0.208. The molecule has 160 valence electrons. The van der Waals surface area contributed by atoms with Crippen LogP contribution in [0.2, 0.25) is 0 Å². The zero-order valence-corrected chi connectivity index (χ0v) is 18.2. The lowest BCUT2D eigenvalue weighted by molar-refractivity contribution is 0.0699. The van der Waals surface area contributed by atoms with Gasteiger partial charge in [-0.05, 0) is 43.3 Å². The van der Waals surface area contributed by atoms with Gasteiger partial charge in [-0.2, -0.15) is 4.31 Å². The Labute approximate surface area is 183 Å². The molecule has 0 aromatic heterocycles. The SMILES string of the molecule is Cc1ccc(S(=O)(=O)N2CCN(C(=O)c3ccccc3Nc3ccccc3)CC2)cc1. The molecule has 0 radical (unpaired) electrons. The standard InChI is InChI=1S/C24H25N3O3S/c1-19-11-13-21(14-12-19)31(29,30)27-17-15-26(16-18-27)24(28)22-9-5-6-10-23(22)25-20-7-3-2-4-8-20/h2-14,25H,15-18H2,1H3. The van der Waals surface area contributed by atoms with Crippen molar-refractivity contribution in [1.82, 2.24) is 9.21 Å². The van der Waals surface area contributed by atoms with Crippen LogP contribution >= 0.6 is 0 Å². The lowest BCUT2D eigenvalue weighted by atomic mass is 10.1. The average Bonchev–Trinajstić information content (AvgIpc) is 2.80. The molecule has 0 unspecified atom stereocenters. The summed E-state index contributed by atoms with van der Waals surface area (Å²) in [4.78, 5) is 15.2. The normalized spacial score (nSPS) is 14.9. The summed E-state index contributed by atoms with van der Waals surface area (Å²) in [6.45, 7) is 3.17. The molecule has 6 nitrogen and oxygen atoms in total. The maximum Gasteiger partial charge on any atom is 0.256 e. The molecule has 31 heavy (non-hydrogen) atoms. The summed E-state index contributed by atoms with van der Waals surface area (Å²) in [7, 11) is -3.56. The highest BCUT2D eigenvalue weighted by atomic mass is 32.2. The van der Waals surface area contributed by atoms with Gasteiger partial charge < -0.3 is 10.2 Å². The van der Waals surface area contributed by atoms with Crippen molar-refractivity contribution in [3.63, 3.8) is 0 Å². The van der Waals surface area contributed by atoms with E-state index < -0.39 is 10.0 Å². The summed E-state index contributed by atoms with van der Waals surface area (Å²) in [5.74, 6) is -0.105. The van der Waals surface area contributed by atoms with Crippen LogP contribution in [0.3, 0.4) is 0 Å². The first-order chi connectivity index (χ1) is 14.9. The number of carbonyl (C=O) groups excluding carboxylic acids is 1. The molecular weight excluding hydrogens is 410 g/mol. The molecule has 0 saturated carbocycles. The highest BCUT2D eigenvalue weighted by Crippen LogP contribution is 2.24. The number of hydrogen-bond acceptors (Lipinski definition) is 4. The van der Waals surface area contributed by atoms with E-state index in [-0.39, 0.29) is 23.9 Å². The maximum atomic E-state index is 13.2. The number of nitrogens with zero attached hydrogens (tertiary/aromatic N) is 2. The molecule has 0 atom stereocenters. The Kier molecular flexibility index (Phi) is 6.06. The third-order valence-corrected chi connectivity index (χ3v) is 7.31. The van der Waals surface area contributed by atoms with Crippen LogP contribution in [0.4, 0.5) is 11.4 Å². The van der Waals surface area contributed by atoms with Gasteiger partial charge in [0, 0.05) is 31.9 Å². The van der Waals surface area contributed by atoms with Gasteiger partial charge in [0.15, 0.2) is 0 Å². The average molecular weight is 436 g/mol. The van der Waals surface area contributed by atoms with E-state index in [2.05, 4.69) is 5.32 Å². The molecule has 0 aliphatic carbocycles. The first-order valence-corrected chi connectivity index (χ1v) is 11.7. The Balaban J connectivity index is 1.46. The van der Waals surface area contributed by atoms with Crippen molar-refractivity contribution in [3.8, 4) is 0 Å². The number of amides is 1. The lowest BCUT2D eigenvalue weighted by Gasteiger charge is -2.34. The van der Waals surface area contributed by atoms with Gasteiger partial charge in [-0.25, -0.2) is 8.42 Å². The Morgan fingerprint density at radius 3 is 2.10 bits per heavy atom. The highest BCUT2D eigenvalue weighted by Gasteiger charge is 2.31. The molecule has 4 rings (SSSR count). The van der Waals surface area contributed by atoms with E-state index in [1.165, 1.54) is 4.31 Å². The summed E-state index contributed by atoms with van der Waals surface area (Å²) in [6.07, 6.45) is 0. The van der Waals surface area contributed by atoms with Crippen molar-refractivity contribution in [1.29, 1.82) is 0 Å². The van der Waals surface area contributed by atoms with Crippen LogP contribution < -0.4 is 5.32 Å². The number of benzene rings is 3. The second-order valence-corrected chi connectivity index (χ2v) is 9.48. The molecule has 1 N–H and O–H groups in total. The first kappa shape index (κ1) is 21.1. The maximum absolute atomic E-state index is 13.2. The number of hydrogen-bond donors (Lipinski definition) is 1. The topological polar surface area (TPSA) is 69.7 Å². The number of anilines is 2. The predicted octanol–water partition coefficient (Wildman–Crippen LogP) is 3.89. The Hall–Kier alpha value is -3.16. The van der Waals surface area contributed by atoms with Gasteiger partial charge in [0.25, 0.3) is 5.91 Å². The third-order valence-electron chi connectivity index (χ3n) is 5.39. The monoisotopic (exact) mass is 435 g/mol. The van der Waals surface area contributed by atoms with Crippen molar-refractivity contribution in [2.24, 2.45) is 0 Å². The van der Waals surface area contributed by atoms with Crippen molar-refractivity contribution in [3.05, 3.63) is 90.0 Å². The van der Waals surface area contributed by atoms with Crippen molar-refractivity contribution < 1.29 is 13.2 Å². The number of sulfonamides is 1. The van der Waals surface area contributed by atoms with Crippen LogP contribution in [-0.4, -0.2) is 49.7 Å². The quantitative estimate of drug-likeness (QED) is 0.660. The fourth-order valence-electron chi connectivity index (χ4n) is 3.62. The number of piperazine rings is 1. The second kappa shape index (κ2) is 8.91. The molecule has 1 fully saturated rings. The minimum Gasteiger partial charge on any atom is -0.355 e. The Morgan fingerprint density at radius 1 is 0.806 bits per heavy atom. The number of rotatable bonds is 5. The molecule has 1 aliphatic heterocycles. The van der Waals surface area contributed by atoms with Gasteiger partial charge in [-0.15, -0.1) is 0 Å². The minimum absolute atomic E-state index is 0.105. The molecular formula is C24H25N3O3S. The van der Waals surface area contributed by atoms with E-state index in [4.69, 9.17) is 0 Å². The molecule has 0 spiro atoms. The third kappa shape index (κ3) is 4.62. The van der Waals surface area contributed by atoms with Crippen LogP contribution in [0.5, 0.6) is 0 Å². The molecule has 7 heteroatoms. The van der Waals surface area contributed by atoms with E-state index in [1.54, 1.807) is 35.2 Å². The van der Waals surface area contributed by atoms with Gasteiger partial charge in [-0.3, -0.25) is 4.79 Å². The van der Waals surface area contributed by atoms with Crippen molar-refractivity contribution >= 4 is 27.3 Å². The summed E-state index contributed by atoms with van der Waals surface area (Å²) in [5, 5.41) is 3.30. The molecule has 1 heterocycles. The first-order valence-electron chi connectivity index (χ1n) is 10.2. The van der Waals surface area contributed by atoms with Gasteiger partial charge in [-0.1, -0.05) is 48.0 Å². The van der Waals surface area contributed by atoms with Gasteiger partial charge in [0.05, 0.1) is 16.1 Å². The highest BCUT2D eigenvalue weighted by molar-refractivity contribution is 7.89. The minimum atomic E-state index is -3.56. The second-order valence-electron chi connectivity index (χ2n) is 7.55. The van der Waals surface area contributed by atoms with Crippen molar-refractivity contribution in [2.75, 3.05) is 31.5 Å². The van der Waals surface area contributed by atoms with E-state index in [0.717, 1.165) is 16.9 Å². The summed E-state index contributed by atoms with van der Waals surface area (Å²) < 4.78 is 27.3. The summed E-state index contributed by atoms with van der Waals surface area (Å²) in [5.41, 5.74) is 3.21. The van der Waals surface area contributed by atoms with Crippen LogP contribution in [0.15, 0.2) is 83.8 Å². The molecule has 0 bridgehead atoms. The van der Waals surface area contributed by atoms with E-state index in [9.17, 15) is 13.2 Å². The van der Waals surface area contributed by atoms with Crippen LogP contribution in [0.1, 0.15) is 15.9 Å². The molecule has 1 amide bonds. The number of aryl methyl sites for hydroxylation is 1. The largest absolute Gasteiger partial charge is 0.355 e. The van der Waals surface area contributed by atoms with Gasteiger partial charge in [0.2, 0.25) is 10.0 Å². The smallest absolute Gasteiger partial charge is 0.256 e. The number of para-hydroxylation sites is 2. The van der Waals surface area contributed by atoms with Crippen LogP contribution in [0, 0.1) is 6.92 Å².